The SMILES string of the molecule is Cc1ccc(S[CH]=[Ru]([Cl])[Cl])cc1. The molecule has 12 heavy (non-hydrogen) atoms. The van der Waals surface area contributed by atoms with Crippen molar-refractivity contribution < 1.29 is 13.5 Å². The number of rotatable bonds is 2. The zero-order valence-corrected chi connectivity index (χ0v) is 10.5. The molecule has 1 aromatic rings. The van der Waals surface area contributed by atoms with E-state index in [0.717, 1.165) is 0 Å². The van der Waals surface area contributed by atoms with Gasteiger partial charge in [-0.05, 0) is 0 Å². The third-order valence-corrected chi connectivity index (χ3v) is 5.80. The first-order valence-electron chi connectivity index (χ1n) is 3.23. The molecule has 0 fully saturated rings. The van der Waals surface area contributed by atoms with Gasteiger partial charge in [-0.15, -0.1) is 0 Å². The van der Waals surface area contributed by atoms with Crippen molar-refractivity contribution in [2.24, 2.45) is 0 Å². The van der Waals surface area contributed by atoms with Crippen LogP contribution in [0.1, 0.15) is 5.56 Å². The summed E-state index contributed by atoms with van der Waals surface area (Å²) in [7, 11) is 11.4. The summed E-state index contributed by atoms with van der Waals surface area (Å²) >= 11 is 0.00459. The van der Waals surface area contributed by atoms with Crippen molar-refractivity contribution in [1.82, 2.24) is 0 Å². The van der Waals surface area contributed by atoms with Crippen LogP contribution in [-0.2, 0) is 13.5 Å². The van der Waals surface area contributed by atoms with E-state index in [-0.39, 0.29) is 0 Å². The molecule has 4 heteroatoms. The summed E-state index contributed by atoms with van der Waals surface area (Å²) < 4.78 is 1.93. The summed E-state index contributed by atoms with van der Waals surface area (Å²) in [6, 6.07) is 8.30. The Bertz CT molecular complexity index is 278. The van der Waals surface area contributed by atoms with Gasteiger partial charge < -0.3 is 0 Å². The normalized spacial score (nSPS) is 11.1. The molecule has 0 saturated heterocycles. The van der Waals surface area contributed by atoms with Crippen molar-refractivity contribution in [3.63, 3.8) is 0 Å². The Balaban J connectivity index is 2.65. The molecule has 0 aromatic heterocycles. The molecule has 0 unspecified atom stereocenters. The van der Waals surface area contributed by atoms with Crippen LogP contribution in [0, 0.1) is 6.92 Å². The second-order valence-corrected chi connectivity index (χ2v) is 9.54. The molecule has 0 aliphatic rings. The van der Waals surface area contributed by atoms with Crippen molar-refractivity contribution in [2.45, 2.75) is 11.8 Å². The minimum absolute atomic E-state index is 1.20. The van der Waals surface area contributed by atoms with Crippen LogP contribution in [0.15, 0.2) is 29.2 Å². The number of aryl methyl sites for hydroxylation is 1. The molecule has 0 radical (unpaired) electrons. The Hall–Kier alpha value is 0.643. The fourth-order valence-corrected chi connectivity index (χ4v) is 3.44. The summed E-state index contributed by atoms with van der Waals surface area (Å²) in [5.41, 5.74) is 1.27. The Kier molecular flexibility index (Phi) is 4.82. The van der Waals surface area contributed by atoms with Crippen LogP contribution >= 0.6 is 31.1 Å². The van der Waals surface area contributed by atoms with Crippen molar-refractivity contribution in [3.8, 4) is 0 Å². The van der Waals surface area contributed by atoms with Gasteiger partial charge in [-0.3, -0.25) is 0 Å². The first-order chi connectivity index (χ1) is 5.68. The Morgan fingerprint density at radius 1 is 1.25 bits per heavy atom. The topological polar surface area (TPSA) is 0 Å². The van der Waals surface area contributed by atoms with Gasteiger partial charge in [0.1, 0.15) is 0 Å². The van der Waals surface area contributed by atoms with E-state index in [9.17, 15) is 0 Å². The van der Waals surface area contributed by atoms with Crippen LogP contribution in [-0.4, -0.2) is 3.94 Å². The average Bonchev–Trinajstić information content (AvgIpc) is 2.03. The van der Waals surface area contributed by atoms with E-state index in [1.54, 1.807) is 11.8 Å². The monoisotopic (exact) mass is 308 g/mol. The zero-order chi connectivity index (χ0) is 8.97. The number of halogens is 2. The fraction of sp³-hybridized carbons (Fsp3) is 0.125. The van der Waals surface area contributed by atoms with Gasteiger partial charge >= 0.3 is 90.3 Å². The van der Waals surface area contributed by atoms with E-state index in [4.69, 9.17) is 19.4 Å². The standard InChI is InChI=1S/C8H8S.2ClH.Ru/c1-7-3-5-8(9-2)6-4-7;;;/h2-6H,1H3;2*1H;/q;;;+2/p-2. The summed E-state index contributed by atoms with van der Waals surface area (Å²) in [6.07, 6.45) is 0. The van der Waals surface area contributed by atoms with Crippen LogP contribution < -0.4 is 0 Å². The van der Waals surface area contributed by atoms with Crippen molar-refractivity contribution in [3.05, 3.63) is 29.8 Å². The maximum atomic E-state index is 5.69. The quantitative estimate of drug-likeness (QED) is 0.592. The van der Waals surface area contributed by atoms with Gasteiger partial charge in [-0.2, -0.15) is 0 Å². The summed E-state index contributed by atoms with van der Waals surface area (Å²) in [6.45, 7) is 2.07. The maximum absolute atomic E-state index is 5.69. The van der Waals surface area contributed by atoms with Gasteiger partial charge in [0.2, 0.25) is 0 Å². The molecule has 0 aliphatic heterocycles. The second kappa shape index (κ2) is 5.39. The molecule has 68 valence electrons. The molecule has 0 saturated carbocycles. The van der Waals surface area contributed by atoms with Crippen LogP contribution in [0.3, 0.4) is 0 Å². The van der Waals surface area contributed by atoms with Gasteiger partial charge in [0.05, 0.1) is 0 Å². The Morgan fingerprint density at radius 3 is 2.33 bits per heavy atom. The average molecular weight is 308 g/mol. The Labute approximate surface area is 89.8 Å². The van der Waals surface area contributed by atoms with Gasteiger partial charge in [-0.25, -0.2) is 0 Å². The minimum atomic E-state index is -1.61. The molecular formula is C8H8Cl2RuS. The molecule has 0 amide bonds. The predicted octanol–water partition coefficient (Wildman–Crippen LogP) is 3.77. The number of hydrogen-bond donors (Lipinski definition) is 0. The summed E-state index contributed by atoms with van der Waals surface area (Å²) in [5, 5.41) is 0. The van der Waals surface area contributed by atoms with E-state index in [0.29, 0.717) is 0 Å². The van der Waals surface area contributed by atoms with Crippen molar-refractivity contribution >= 4 is 35.1 Å². The van der Waals surface area contributed by atoms with Crippen LogP contribution in [0.2, 0.25) is 0 Å². The third-order valence-electron chi connectivity index (χ3n) is 1.26. The van der Waals surface area contributed by atoms with E-state index in [2.05, 4.69) is 31.2 Å². The van der Waals surface area contributed by atoms with Crippen LogP contribution in [0.25, 0.3) is 0 Å². The molecule has 1 rings (SSSR count). The summed E-state index contributed by atoms with van der Waals surface area (Å²) in [5.74, 6) is 0. The molecule has 0 nitrogen and oxygen atoms in total. The number of benzene rings is 1. The first kappa shape index (κ1) is 10.7. The van der Waals surface area contributed by atoms with Gasteiger partial charge in [0, 0.05) is 0 Å². The molecule has 0 bridgehead atoms. The molecule has 0 atom stereocenters. The molecule has 0 spiro atoms. The molecule has 0 N–H and O–H groups in total. The molecular weight excluding hydrogens is 300 g/mol. The first-order valence-corrected chi connectivity index (χ1v) is 9.59. The fourth-order valence-electron chi connectivity index (χ4n) is 0.696. The zero-order valence-electron chi connectivity index (χ0n) is 6.40. The van der Waals surface area contributed by atoms with Gasteiger partial charge in [0.25, 0.3) is 0 Å². The van der Waals surface area contributed by atoms with Crippen LogP contribution in [0.4, 0.5) is 0 Å². The van der Waals surface area contributed by atoms with E-state index in [1.165, 1.54) is 10.5 Å². The molecule has 0 heterocycles. The van der Waals surface area contributed by atoms with Gasteiger partial charge in [0.15, 0.2) is 0 Å². The van der Waals surface area contributed by atoms with E-state index in [1.807, 2.05) is 3.94 Å². The predicted molar refractivity (Wildman–Crippen MR) is 54.8 cm³/mol. The van der Waals surface area contributed by atoms with E-state index >= 15 is 0 Å². The molecule has 0 aliphatic carbocycles. The number of thioether (sulfide) groups is 1. The van der Waals surface area contributed by atoms with Gasteiger partial charge in [-0.1, -0.05) is 0 Å². The molecule has 1 aromatic carbocycles. The van der Waals surface area contributed by atoms with E-state index < -0.39 is 13.5 Å². The summed E-state index contributed by atoms with van der Waals surface area (Å²) in [4.78, 5) is 1.20. The number of hydrogen-bond acceptors (Lipinski definition) is 1. The second-order valence-electron chi connectivity index (χ2n) is 2.22. The van der Waals surface area contributed by atoms with Crippen LogP contribution in [0.5, 0.6) is 0 Å². The Morgan fingerprint density at radius 2 is 1.83 bits per heavy atom. The van der Waals surface area contributed by atoms with Crippen molar-refractivity contribution in [1.29, 1.82) is 0 Å². The van der Waals surface area contributed by atoms with Crippen molar-refractivity contribution in [2.75, 3.05) is 0 Å². The third kappa shape index (κ3) is 4.04.